The second-order valence-electron chi connectivity index (χ2n) is 5.51. The highest BCUT2D eigenvalue weighted by atomic mass is 35.5. The van der Waals surface area contributed by atoms with Gasteiger partial charge in [-0.3, -0.25) is 0 Å². The van der Waals surface area contributed by atoms with Gasteiger partial charge in [0.1, 0.15) is 5.01 Å². The summed E-state index contributed by atoms with van der Waals surface area (Å²) in [5.41, 5.74) is 1.03. The van der Waals surface area contributed by atoms with Crippen LogP contribution >= 0.6 is 22.9 Å². The van der Waals surface area contributed by atoms with Gasteiger partial charge in [-0.15, -0.1) is 10.2 Å². The molecule has 0 saturated heterocycles. The van der Waals surface area contributed by atoms with Crippen molar-refractivity contribution in [2.75, 3.05) is 0 Å². The fraction of sp³-hybridized carbons (Fsp3) is 0.400. The summed E-state index contributed by atoms with van der Waals surface area (Å²) in [4.78, 5) is 0.866. The molecule has 4 rings (SSSR count). The zero-order valence-electron chi connectivity index (χ0n) is 11.5. The molecule has 1 saturated carbocycles. The Morgan fingerprint density at radius 2 is 2.00 bits per heavy atom. The molecule has 0 unspecified atom stereocenters. The molecule has 0 atom stereocenters. The van der Waals surface area contributed by atoms with E-state index in [2.05, 4.69) is 10.2 Å². The molecule has 1 aliphatic rings. The van der Waals surface area contributed by atoms with Crippen molar-refractivity contribution in [2.24, 2.45) is 0 Å². The van der Waals surface area contributed by atoms with E-state index in [-0.39, 0.29) is 0 Å². The van der Waals surface area contributed by atoms with Crippen LogP contribution in [0.5, 0.6) is 0 Å². The van der Waals surface area contributed by atoms with Crippen molar-refractivity contribution in [3.8, 4) is 10.6 Å². The van der Waals surface area contributed by atoms with Gasteiger partial charge in [-0.2, -0.15) is 9.61 Å². The molecule has 2 heterocycles. The van der Waals surface area contributed by atoms with Crippen LogP contribution in [0.1, 0.15) is 43.8 Å². The van der Waals surface area contributed by atoms with Crippen molar-refractivity contribution in [1.82, 2.24) is 19.8 Å². The quantitative estimate of drug-likeness (QED) is 0.696. The SMILES string of the molecule is Clc1cccc(-c2nn3c(C4CCCCC4)nnc3s2)c1. The minimum atomic E-state index is 0.503. The smallest absolute Gasteiger partial charge is 0.187 e. The first kappa shape index (κ1) is 13.2. The van der Waals surface area contributed by atoms with Crippen LogP contribution < -0.4 is 0 Å². The summed E-state index contributed by atoms with van der Waals surface area (Å²) in [6.45, 7) is 0. The third kappa shape index (κ3) is 2.45. The highest BCUT2D eigenvalue weighted by molar-refractivity contribution is 7.19. The zero-order valence-corrected chi connectivity index (χ0v) is 13.1. The highest BCUT2D eigenvalue weighted by Gasteiger charge is 2.23. The van der Waals surface area contributed by atoms with Gasteiger partial charge in [0.15, 0.2) is 5.82 Å². The average Bonchev–Trinajstić information content (AvgIpc) is 3.08. The van der Waals surface area contributed by atoms with Crippen molar-refractivity contribution >= 4 is 27.9 Å². The number of halogens is 1. The normalized spacial score (nSPS) is 16.6. The Hall–Kier alpha value is -1.46. The van der Waals surface area contributed by atoms with E-state index in [9.17, 15) is 0 Å². The molecular formula is C15H15ClN4S. The molecule has 1 aliphatic carbocycles. The van der Waals surface area contributed by atoms with Crippen LogP contribution in [0.3, 0.4) is 0 Å². The van der Waals surface area contributed by atoms with E-state index in [1.807, 2.05) is 28.8 Å². The minimum Gasteiger partial charge on any atom is -0.187 e. The van der Waals surface area contributed by atoms with E-state index < -0.39 is 0 Å². The van der Waals surface area contributed by atoms with Crippen molar-refractivity contribution in [3.05, 3.63) is 35.1 Å². The van der Waals surface area contributed by atoms with Gasteiger partial charge in [-0.1, -0.05) is 54.3 Å². The van der Waals surface area contributed by atoms with Crippen LogP contribution in [0, 0.1) is 0 Å². The van der Waals surface area contributed by atoms with Crippen LogP contribution in [0.4, 0.5) is 0 Å². The predicted octanol–water partition coefficient (Wildman–Crippen LogP) is 4.55. The first-order chi connectivity index (χ1) is 10.3. The molecule has 3 aromatic rings. The van der Waals surface area contributed by atoms with Crippen molar-refractivity contribution in [2.45, 2.75) is 38.0 Å². The van der Waals surface area contributed by atoms with Gasteiger partial charge in [0.05, 0.1) is 0 Å². The molecule has 21 heavy (non-hydrogen) atoms. The minimum absolute atomic E-state index is 0.503. The Kier molecular flexibility index (Phi) is 3.39. The Labute approximate surface area is 131 Å². The molecule has 0 bridgehead atoms. The Morgan fingerprint density at radius 1 is 1.14 bits per heavy atom. The van der Waals surface area contributed by atoms with E-state index in [1.165, 1.54) is 32.1 Å². The van der Waals surface area contributed by atoms with Crippen LogP contribution in [-0.2, 0) is 0 Å². The molecule has 1 fully saturated rings. The maximum absolute atomic E-state index is 6.06. The van der Waals surface area contributed by atoms with Crippen LogP contribution in [0.25, 0.3) is 15.5 Å². The predicted molar refractivity (Wildman–Crippen MR) is 84.9 cm³/mol. The molecule has 0 aliphatic heterocycles. The van der Waals surface area contributed by atoms with E-state index in [1.54, 1.807) is 11.3 Å². The van der Waals surface area contributed by atoms with Gasteiger partial charge in [0.25, 0.3) is 0 Å². The second-order valence-corrected chi connectivity index (χ2v) is 6.90. The molecule has 0 amide bonds. The monoisotopic (exact) mass is 318 g/mol. The standard InChI is InChI=1S/C15H15ClN4S/c16-12-8-4-7-11(9-12)14-19-20-13(17-18-15(20)21-14)10-5-2-1-3-6-10/h4,7-10H,1-3,5-6H2. The van der Waals surface area contributed by atoms with Crippen molar-refractivity contribution < 1.29 is 0 Å². The molecule has 2 aromatic heterocycles. The number of nitrogens with zero attached hydrogens (tertiary/aromatic N) is 4. The number of hydrogen-bond acceptors (Lipinski definition) is 4. The van der Waals surface area contributed by atoms with Crippen LogP contribution in [-0.4, -0.2) is 19.8 Å². The number of aromatic nitrogens is 4. The first-order valence-electron chi connectivity index (χ1n) is 7.29. The molecule has 4 nitrogen and oxygen atoms in total. The van der Waals surface area contributed by atoms with Gasteiger partial charge >= 0.3 is 0 Å². The van der Waals surface area contributed by atoms with Crippen LogP contribution in [0.2, 0.25) is 5.02 Å². The van der Waals surface area contributed by atoms with Gasteiger partial charge < -0.3 is 0 Å². The molecule has 0 spiro atoms. The lowest BCUT2D eigenvalue weighted by atomic mass is 9.89. The summed E-state index contributed by atoms with van der Waals surface area (Å²) in [7, 11) is 0. The van der Waals surface area contributed by atoms with E-state index in [4.69, 9.17) is 16.7 Å². The summed E-state index contributed by atoms with van der Waals surface area (Å²) in [5.74, 6) is 1.53. The first-order valence-corrected chi connectivity index (χ1v) is 8.49. The topological polar surface area (TPSA) is 43.1 Å². The highest BCUT2D eigenvalue weighted by Crippen LogP contribution is 2.34. The lowest BCUT2D eigenvalue weighted by Crippen LogP contribution is -2.09. The van der Waals surface area contributed by atoms with Crippen LogP contribution in [0.15, 0.2) is 24.3 Å². The van der Waals surface area contributed by atoms with Crippen molar-refractivity contribution in [3.63, 3.8) is 0 Å². The lowest BCUT2D eigenvalue weighted by Gasteiger charge is -2.18. The largest absolute Gasteiger partial charge is 0.234 e. The number of rotatable bonds is 2. The number of fused-ring (bicyclic) bond motifs is 1. The van der Waals surface area contributed by atoms with Crippen molar-refractivity contribution in [1.29, 1.82) is 0 Å². The summed E-state index contributed by atoms with van der Waals surface area (Å²) >= 11 is 7.63. The molecular weight excluding hydrogens is 304 g/mol. The van der Waals surface area contributed by atoms with Gasteiger partial charge in [0.2, 0.25) is 4.96 Å². The Morgan fingerprint density at radius 3 is 2.81 bits per heavy atom. The summed E-state index contributed by atoms with van der Waals surface area (Å²) < 4.78 is 1.93. The number of hydrogen-bond donors (Lipinski definition) is 0. The average molecular weight is 319 g/mol. The Balaban J connectivity index is 1.75. The third-order valence-corrected chi connectivity index (χ3v) is 5.24. The van der Waals surface area contributed by atoms with E-state index in [0.29, 0.717) is 5.92 Å². The zero-order chi connectivity index (χ0) is 14.2. The maximum Gasteiger partial charge on any atom is 0.234 e. The summed E-state index contributed by atoms with van der Waals surface area (Å²) in [6.07, 6.45) is 6.30. The van der Waals surface area contributed by atoms with Gasteiger partial charge in [-0.25, -0.2) is 0 Å². The summed E-state index contributed by atoms with van der Waals surface area (Å²) in [5, 5.41) is 15.0. The molecule has 0 radical (unpaired) electrons. The number of benzene rings is 1. The fourth-order valence-corrected chi connectivity index (χ4v) is 4.02. The Bertz CT molecular complexity index is 773. The van der Waals surface area contributed by atoms with E-state index in [0.717, 1.165) is 26.4 Å². The maximum atomic E-state index is 6.06. The molecule has 0 N–H and O–H groups in total. The van der Waals surface area contributed by atoms with Gasteiger partial charge in [0, 0.05) is 16.5 Å². The lowest BCUT2D eigenvalue weighted by molar-refractivity contribution is 0.423. The van der Waals surface area contributed by atoms with Gasteiger partial charge in [-0.05, 0) is 25.0 Å². The third-order valence-electron chi connectivity index (χ3n) is 4.06. The summed E-state index contributed by atoms with van der Waals surface area (Å²) in [6, 6.07) is 7.78. The molecule has 1 aromatic carbocycles. The molecule has 108 valence electrons. The second kappa shape index (κ2) is 5.39. The molecule has 6 heteroatoms. The van der Waals surface area contributed by atoms with E-state index >= 15 is 0 Å². The fourth-order valence-electron chi connectivity index (χ4n) is 2.99.